The summed E-state index contributed by atoms with van der Waals surface area (Å²) in [5.41, 5.74) is 2.02. The van der Waals surface area contributed by atoms with Gasteiger partial charge in [0.2, 0.25) is 4.80 Å². The molecule has 0 bridgehead atoms. The third-order valence-electron chi connectivity index (χ3n) is 5.78. The standard InChI is InChI=1S/C23H25Br2N3O2S/c1-28-22(31-21(27-28)15-7-9-19(29-2)17(24)13-15)26-23(11-5-4-6-12-23)16-8-10-20(30-3)18(25)14-16/h7-10,13-14H,4-6,11-12H2,1-3H3. The highest BCUT2D eigenvalue weighted by molar-refractivity contribution is 9.10. The molecule has 4 rings (SSSR count). The molecule has 0 spiro atoms. The fourth-order valence-corrected chi connectivity index (χ4v) is 6.16. The smallest absolute Gasteiger partial charge is 0.204 e. The van der Waals surface area contributed by atoms with Gasteiger partial charge >= 0.3 is 0 Å². The molecule has 0 unspecified atom stereocenters. The summed E-state index contributed by atoms with van der Waals surface area (Å²) in [5.74, 6) is 1.64. The lowest BCUT2D eigenvalue weighted by molar-refractivity contribution is 0.296. The number of ether oxygens (including phenoxy) is 2. The van der Waals surface area contributed by atoms with Crippen molar-refractivity contribution in [1.29, 1.82) is 0 Å². The van der Waals surface area contributed by atoms with Crippen LogP contribution in [0.3, 0.4) is 0 Å². The third-order valence-corrected chi connectivity index (χ3v) is 8.07. The molecular formula is C23H25Br2N3O2S. The highest BCUT2D eigenvalue weighted by Gasteiger charge is 2.34. The maximum absolute atomic E-state index is 5.43. The Balaban J connectivity index is 1.79. The molecule has 1 saturated carbocycles. The first-order valence-electron chi connectivity index (χ1n) is 10.2. The first-order chi connectivity index (χ1) is 15.0. The molecule has 0 amide bonds. The van der Waals surface area contributed by atoms with E-state index in [1.807, 2.05) is 36.0 Å². The van der Waals surface area contributed by atoms with Gasteiger partial charge in [-0.05, 0) is 80.6 Å². The largest absolute Gasteiger partial charge is 0.496 e. The SMILES string of the molecule is COc1ccc(-c2nn(C)c(=NC3(c4ccc(OC)c(Br)c4)CCCCC3)s2)cc1Br. The van der Waals surface area contributed by atoms with E-state index in [2.05, 4.69) is 44.0 Å². The number of benzene rings is 2. The number of halogens is 2. The van der Waals surface area contributed by atoms with Crippen molar-refractivity contribution in [2.24, 2.45) is 12.0 Å². The van der Waals surface area contributed by atoms with Crippen LogP contribution in [-0.4, -0.2) is 24.0 Å². The van der Waals surface area contributed by atoms with Crippen molar-refractivity contribution >= 4 is 43.2 Å². The van der Waals surface area contributed by atoms with Crippen LogP contribution in [0.1, 0.15) is 37.7 Å². The van der Waals surface area contributed by atoms with Crippen molar-refractivity contribution in [2.45, 2.75) is 37.6 Å². The second-order valence-electron chi connectivity index (χ2n) is 7.72. The number of aromatic nitrogens is 2. The van der Waals surface area contributed by atoms with Crippen molar-refractivity contribution in [3.63, 3.8) is 0 Å². The van der Waals surface area contributed by atoms with Gasteiger partial charge in [-0.2, -0.15) is 5.10 Å². The molecule has 0 N–H and O–H groups in total. The molecule has 31 heavy (non-hydrogen) atoms. The second kappa shape index (κ2) is 9.46. The first-order valence-corrected chi connectivity index (χ1v) is 12.6. The van der Waals surface area contributed by atoms with E-state index in [1.165, 1.54) is 24.8 Å². The van der Waals surface area contributed by atoms with Crippen LogP contribution in [-0.2, 0) is 12.6 Å². The minimum absolute atomic E-state index is 0.241. The zero-order valence-corrected chi connectivity index (χ0v) is 21.8. The highest BCUT2D eigenvalue weighted by atomic mass is 79.9. The molecular weight excluding hydrogens is 542 g/mol. The van der Waals surface area contributed by atoms with E-state index in [0.29, 0.717) is 0 Å². The molecule has 2 aromatic carbocycles. The summed E-state index contributed by atoms with van der Waals surface area (Å²) in [6, 6.07) is 12.4. The fraction of sp³-hybridized carbons (Fsp3) is 0.391. The molecule has 0 aliphatic heterocycles. The van der Waals surface area contributed by atoms with Gasteiger partial charge in [-0.1, -0.05) is 36.7 Å². The van der Waals surface area contributed by atoms with E-state index in [-0.39, 0.29) is 5.54 Å². The van der Waals surface area contributed by atoms with Crippen molar-refractivity contribution in [1.82, 2.24) is 9.78 Å². The van der Waals surface area contributed by atoms with Gasteiger partial charge in [0, 0.05) is 12.6 Å². The number of rotatable bonds is 5. The van der Waals surface area contributed by atoms with Crippen LogP contribution >= 0.6 is 43.2 Å². The molecule has 164 valence electrons. The van der Waals surface area contributed by atoms with E-state index in [0.717, 1.165) is 48.7 Å². The van der Waals surface area contributed by atoms with Crippen molar-refractivity contribution in [2.75, 3.05) is 14.2 Å². The predicted molar refractivity (Wildman–Crippen MR) is 132 cm³/mol. The monoisotopic (exact) mass is 565 g/mol. The molecule has 3 aromatic rings. The minimum Gasteiger partial charge on any atom is -0.496 e. The molecule has 1 fully saturated rings. The summed E-state index contributed by atoms with van der Waals surface area (Å²) in [4.78, 5) is 6.27. The van der Waals surface area contributed by atoms with Gasteiger partial charge in [0.25, 0.3) is 0 Å². The number of hydrogen-bond acceptors (Lipinski definition) is 5. The minimum atomic E-state index is -0.241. The summed E-state index contributed by atoms with van der Waals surface area (Å²) in [7, 11) is 5.33. The first kappa shape index (κ1) is 22.6. The third kappa shape index (κ3) is 4.61. The van der Waals surface area contributed by atoms with Crippen LogP contribution < -0.4 is 14.3 Å². The highest BCUT2D eigenvalue weighted by Crippen LogP contribution is 2.42. The fourth-order valence-electron chi connectivity index (χ4n) is 4.10. The van der Waals surface area contributed by atoms with E-state index in [1.54, 1.807) is 25.6 Å². The molecule has 8 heteroatoms. The Labute approximate surface area is 203 Å². The number of nitrogens with zero attached hydrogens (tertiary/aromatic N) is 3. The van der Waals surface area contributed by atoms with Crippen LogP contribution in [0.15, 0.2) is 50.3 Å². The van der Waals surface area contributed by atoms with E-state index >= 15 is 0 Å². The molecule has 1 heterocycles. The van der Waals surface area contributed by atoms with E-state index in [4.69, 9.17) is 19.6 Å². The molecule has 0 atom stereocenters. The molecule has 1 aliphatic carbocycles. The lowest BCUT2D eigenvalue weighted by Gasteiger charge is -2.34. The van der Waals surface area contributed by atoms with Gasteiger partial charge in [-0.3, -0.25) is 0 Å². The summed E-state index contributed by atoms with van der Waals surface area (Å²) < 4.78 is 14.6. The average Bonchev–Trinajstić information content (AvgIpc) is 3.14. The van der Waals surface area contributed by atoms with Gasteiger partial charge in [0.15, 0.2) is 0 Å². The maximum Gasteiger partial charge on any atom is 0.204 e. The Morgan fingerprint density at radius 2 is 1.61 bits per heavy atom. The van der Waals surface area contributed by atoms with Gasteiger partial charge in [-0.25, -0.2) is 9.67 Å². The van der Waals surface area contributed by atoms with Crippen LogP contribution in [0, 0.1) is 0 Å². The van der Waals surface area contributed by atoms with Crippen LogP contribution in [0.4, 0.5) is 0 Å². The van der Waals surface area contributed by atoms with Gasteiger partial charge < -0.3 is 9.47 Å². The number of methoxy groups -OCH3 is 2. The zero-order chi connectivity index (χ0) is 22.0. The van der Waals surface area contributed by atoms with Crippen LogP contribution in [0.5, 0.6) is 11.5 Å². The number of hydrogen-bond donors (Lipinski definition) is 0. The average molecular weight is 567 g/mol. The van der Waals surface area contributed by atoms with Gasteiger partial charge in [0.05, 0.1) is 28.7 Å². The Kier molecular flexibility index (Phi) is 6.89. The lowest BCUT2D eigenvalue weighted by Crippen LogP contribution is -2.30. The Bertz CT molecular complexity index is 1150. The normalized spacial score (nSPS) is 16.4. The van der Waals surface area contributed by atoms with Crippen LogP contribution in [0.2, 0.25) is 0 Å². The van der Waals surface area contributed by atoms with Gasteiger partial charge in [0.1, 0.15) is 16.5 Å². The molecule has 0 saturated heterocycles. The Morgan fingerprint density at radius 1 is 0.968 bits per heavy atom. The molecule has 1 aromatic heterocycles. The summed E-state index contributed by atoms with van der Waals surface area (Å²) >= 11 is 8.85. The van der Waals surface area contributed by atoms with E-state index in [9.17, 15) is 0 Å². The number of aryl methyl sites for hydroxylation is 1. The molecule has 0 radical (unpaired) electrons. The predicted octanol–water partition coefficient (Wildman–Crippen LogP) is 6.45. The summed E-state index contributed by atoms with van der Waals surface area (Å²) in [5, 5.41) is 5.70. The Morgan fingerprint density at radius 3 is 2.23 bits per heavy atom. The van der Waals surface area contributed by atoms with Gasteiger partial charge in [-0.15, -0.1) is 0 Å². The quantitative estimate of drug-likeness (QED) is 0.356. The Hall–Kier alpha value is -1.64. The molecule has 5 nitrogen and oxygen atoms in total. The maximum atomic E-state index is 5.43. The van der Waals surface area contributed by atoms with Crippen molar-refractivity contribution in [3.8, 4) is 22.1 Å². The second-order valence-corrected chi connectivity index (χ2v) is 10.4. The van der Waals surface area contributed by atoms with Crippen LogP contribution in [0.25, 0.3) is 10.6 Å². The lowest BCUT2D eigenvalue weighted by atomic mass is 9.77. The summed E-state index contributed by atoms with van der Waals surface area (Å²) in [6.07, 6.45) is 5.68. The summed E-state index contributed by atoms with van der Waals surface area (Å²) in [6.45, 7) is 0. The molecule has 1 aliphatic rings. The topological polar surface area (TPSA) is 48.6 Å². The van der Waals surface area contributed by atoms with Crippen molar-refractivity contribution in [3.05, 3.63) is 55.7 Å². The zero-order valence-electron chi connectivity index (χ0n) is 17.8. The van der Waals surface area contributed by atoms with E-state index < -0.39 is 0 Å². The van der Waals surface area contributed by atoms with Crippen molar-refractivity contribution < 1.29 is 9.47 Å².